The molecular formula is C16H18OS2. The molecule has 3 rings (SSSR count). The van der Waals surface area contributed by atoms with Gasteiger partial charge >= 0.3 is 0 Å². The second-order valence-corrected chi connectivity index (χ2v) is 7.50. The van der Waals surface area contributed by atoms with E-state index < -0.39 is 0 Å². The molecule has 1 N–H and O–H groups in total. The lowest BCUT2D eigenvalue weighted by Gasteiger charge is -2.16. The predicted octanol–water partition coefficient (Wildman–Crippen LogP) is 3.93. The van der Waals surface area contributed by atoms with Gasteiger partial charge in [0, 0.05) is 26.3 Å². The van der Waals surface area contributed by atoms with Gasteiger partial charge in [0.25, 0.3) is 0 Å². The molecule has 0 spiro atoms. The summed E-state index contributed by atoms with van der Waals surface area (Å²) in [5, 5.41) is 10.8. The van der Waals surface area contributed by atoms with Crippen molar-refractivity contribution in [2.75, 3.05) is 0 Å². The highest BCUT2D eigenvalue weighted by molar-refractivity contribution is 8.00. The standard InChI is InChI=1S/C16H18OS2/c1-2-12-7-8-13(18-12)10-14(17)16-9-11-5-3-4-6-15(11)19-16/h3-8,14,16-17H,2,9-10H2,1H3. The van der Waals surface area contributed by atoms with Crippen LogP contribution in [0.15, 0.2) is 41.3 Å². The quantitative estimate of drug-likeness (QED) is 0.920. The molecule has 0 aliphatic carbocycles. The van der Waals surface area contributed by atoms with E-state index in [0.717, 1.165) is 19.3 Å². The maximum absolute atomic E-state index is 10.4. The van der Waals surface area contributed by atoms with Gasteiger partial charge in [-0.2, -0.15) is 0 Å². The Morgan fingerprint density at radius 3 is 2.74 bits per heavy atom. The van der Waals surface area contributed by atoms with E-state index in [1.165, 1.54) is 20.2 Å². The fourth-order valence-electron chi connectivity index (χ4n) is 2.48. The molecule has 0 amide bonds. The van der Waals surface area contributed by atoms with Gasteiger partial charge in [-0.3, -0.25) is 0 Å². The number of fused-ring (bicyclic) bond motifs is 1. The van der Waals surface area contributed by atoms with E-state index in [4.69, 9.17) is 0 Å². The summed E-state index contributed by atoms with van der Waals surface area (Å²) in [7, 11) is 0. The number of thioether (sulfide) groups is 1. The third-order valence-electron chi connectivity index (χ3n) is 3.58. The van der Waals surface area contributed by atoms with E-state index in [1.54, 1.807) is 0 Å². The first-order valence-corrected chi connectivity index (χ1v) is 8.46. The zero-order valence-corrected chi connectivity index (χ0v) is 12.6. The van der Waals surface area contributed by atoms with Crippen molar-refractivity contribution in [1.82, 2.24) is 0 Å². The monoisotopic (exact) mass is 290 g/mol. The van der Waals surface area contributed by atoms with E-state index in [1.807, 2.05) is 23.1 Å². The summed E-state index contributed by atoms with van der Waals surface area (Å²) < 4.78 is 0. The summed E-state index contributed by atoms with van der Waals surface area (Å²) >= 11 is 3.67. The lowest BCUT2D eigenvalue weighted by atomic mass is 10.0. The van der Waals surface area contributed by atoms with Gasteiger partial charge in [-0.15, -0.1) is 23.1 Å². The normalized spacial score (nSPS) is 19.4. The molecule has 100 valence electrons. The van der Waals surface area contributed by atoms with Crippen molar-refractivity contribution in [1.29, 1.82) is 0 Å². The van der Waals surface area contributed by atoms with E-state index >= 15 is 0 Å². The molecule has 19 heavy (non-hydrogen) atoms. The number of benzene rings is 1. The Balaban J connectivity index is 1.65. The van der Waals surface area contributed by atoms with Crippen LogP contribution >= 0.6 is 23.1 Å². The van der Waals surface area contributed by atoms with Crippen LogP contribution in [0.2, 0.25) is 0 Å². The number of hydrogen-bond acceptors (Lipinski definition) is 3. The Hall–Kier alpha value is -0.770. The molecule has 1 nitrogen and oxygen atoms in total. The molecule has 1 aliphatic heterocycles. The summed E-state index contributed by atoms with van der Waals surface area (Å²) in [5.74, 6) is 0. The Morgan fingerprint density at radius 2 is 2.00 bits per heavy atom. The molecule has 2 aromatic rings. The zero-order valence-electron chi connectivity index (χ0n) is 11.0. The van der Waals surface area contributed by atoms with Crippen molar-refractivity contribution >= 4 is 23.1 Å². The minimum atomic E-state index is -0.249. The maximum atomic E-state index is 10.4. The highest BCUT2D eigenvalue weighted by Gasteiger charge is 2.28. The lowest BCUT2D eigenvalue weighted by molar-refractivity contribution is 0.173. The topological polar surface area (TPSA) is 20.2 Å². The Bertz CT molecular complexity index is 536. The van der Waals surface area contributed by atoms with Gasteiger partial charge in [0.05, 0.1) is 6.10 Å². The van der Waals surface area contributed by atoms with Gasteiger partial charge in [-0.1, -0.05) is 25.1 Å². The number of aliphatic hydroxyl groups is 1. The first-order valence-electron chi connectivity index (χ1n) is 6.76. The third-order valence-corrected chi connectivity index (χ3v) is 6.26. The smallest absolute Gasteiger partial charge is 0.0713 e. The molecule has 0 saturated carbocycles. The molecule has 2 heterocycles. The predicted molar refractivity (Wildman–Crippen MR) is 83.2 cm³/mol. The van der Waals surface area contributed by atoms with Crippen LogP contribution < -0.4 is 0 Å². The molecule has 3 heteroatoms. The minimum Gasteiger partial charge on any atom is -0.392 e. The van der Waals surface area contributed by atoms with Gasteiger partial charge in [-0.25, -0.2) is 0 Å². The van der Waals surface area contributed by atoms with Gasteiger partial charge < -0.3 is 5.11 Å². The Labute approximate surface area is 122 Å². The van der Waals surface area contributed by atoms with E-state index in [0.29, 0.717) is 5.25 Å². The van der Waals surface area contributed by atoms with E-state index in [-0.39, 0.29) is 6.10 Å². The van der Waals surface area contributed by atoms with Crippen LogP contribution in [0.3, 0.4) is 0 Å². The second-order valence-electron chi connectivity index (χ2n) is 4.96. The molecule has 0 saturated heterocycles. The summed E-state index contributed by atoms with van der Waals surface area (Å²) in [6.45, 7) is 2.18. The average Bonchev–Trinajstić information content (AvgIpc) is 3.04. The average molecular weight is 290 g/mol. The number of thiophene rings is 1. The van der Waals surface area contributed by atoms with Crippen LogP contribution in [0, 0.1) is 0 Å². The molecule has 0 bridgehead atoms. The highest BCUT2D eigenvalue weighted by Crippen LogP contribution is 2.39. The lowest BCUT2D eigenvalue weighted by Crippen LogP contribution is -2.24. The summed E-state index contributed by atoms with van der Waals surface area (Å²) in [6.07, 6.45) is 2.62. The van der Waals surface area contributed by atoms with Crippen molar-refractivity contribution in [2.24, 2.45) is 0 Å². The van der Waals surface area contributed by atoms with Crippen molar-refractivity contribution in [2.45, 2.75) is 42.4 Å². The SMILES string of the molecule is CCc1ccc(CC(O)C2Cc3ccccc3S2)s1. The van der Waals surface area contributed by atoms with Crippen LogP contribution in [-0.4, -0.2) is 16.5 Å². The van der Waals surface area contributed by atoms with Gasteiger partial charge in [0.2, 0.25) is 0 Å². The van der Waals surface area contributed by atoms with Gasteiger partial charge in [-0.05, 0) is 36.6 Å². The number of aliphatic hydroxyl groups excluding tert-OH is 1. The molecule has 2 atom stereocenters. The highest BCUT2D eigenvalue weighted by atomic mass is 32.2. The van der Waals surface area contributed by atoms with Crippen LogP contribution in [0.5, 0.6) is 0 Å². The summed E-state index contributed by atoms with van der Waals surface area (Å²) in [5.41, 5.74) is 1.39. The Kier molecular flexibility index (Phi) is 3.96. The van der Waals surface area contributed by atoms with Crippen LogP contribution in [-0.2, 0) is 19.3 Å². The van der Waals surface area contributed by atoms with Crippen LogP contribution in [0.1, 0.15) is 22.2 Å². The molecular weight excluding hydrogens is 272 g/mol. The van der Waals surface area contributed by atoms with E-state index in [9.17, 15) is 5.11 Å². The Morgan fingerprint density at radius 1 is 1.21 bits per heavy atom. The number of aryl methyl sites for hydroxylation is 1. The van der Waals surface area contributed by atoms with Crippen molar-refractivity contribution < 1.29 is 5.11 Å². The van der Waals surface area contributed by atoms with Crippen LogP contribution in [0.4, 0.5) is 0 Å². The first-order chi connectivity index (χ1) is 9.26. The first kappa shape index (κ1) is 13.2. The fourth-order valence-corrected chi connectivity index (χ4v) is 4.79. The van der Waals surface area contributed by atoms with Crippen LogP contribution in [0.25, 0.3) is 0 Å². The number of hydrogen-bond donors (Lipinski definition) is 1. The van der Waals surface area contributed by atoms with Crippen molar-refractivity contribution in [3.8, 4) is 0 Å². The second kappa shape index (κ2) is 5.70. The molecule has 1 aromatic heterocycles. The molecule has 2 unspecified atom stereocenters. The van der Waals surface area contributed by atoms with Gasteiger partial charge in [0.1, 0.15) is 0 Å². The largest absolute Gasteiger partial charge is 0.392 e. The van der Waals surface area contributed by atoms with Gasteiger partial charge in [0.15, 0.2) is 0 Å². The summed E-state index contributed by atoms with van der Waals surface area (Å²) in [6, 6.07) is 12.8. The third kappa shape index (κ3) is 2.88. The fraction of sp³-hybridized carbons (Fsp3) is 0.375. The number of rotatable bonds is 4. The zero-order chi connectivity index (χ0) is 13.2. The molecule has 1 aliphatic rings. The molecule has 0 radical (unpaired) electrons. The maximum Gasteiger partial charge on any atom is 0.0713 e. The van der Waals surface area contributed by atoms with Crippen molar-refractivity contribution in [3.05, 3.63) is 51.7 Å². The molecule has 1 aromatic carbocycles. The minimum absolute atomic E-state index is 0.249. The summed E-state index contributed by atoms with van der Waals surface area (Å²) in [4.78, 5) is 4.05. The van der Waals surface area contributed by atoms with Crippen molar-refractivity contribution in [3.63, 3.8) is 0 Å². The molecule has 0 fully saturated rings. The van der Waals surface area contributed by atoms with E-state index in [2.05, 4.69) is 43.3 Å².